The Morgan fingerprint density at radius 3 is 2.56 bits per heavy atom. The third kappa shape index (κ3) is 3.45. The van der Waals surface area contributed by atoms with Crippen molar-refractivity contribution < 1.29 is 4.74 Å². The first-order valence-corrected chi connectivity index (χ1v) is 6.03. The second-order valence-corrected chi connectivity index (χ2v) is 5.31. The summed E-state index contributed by atoms with van der Waals surface area (Å²) in [6.45, 7) is 5.05. The molecule has 2 nitrogen and oxygen atoms in total. The normalized spacial score (nSPS) is 28.8. The summed E-state index contributed by atoms with van der Waals surface area (Å²) in [5.41, 5.74) is 1.09. The molecule has 90 valence electrons. The largest absolute Gasteiger partial charge is 0.359 e. The first-order chi connectivity index (χ1) is 7.07. The van der Waals surface area contributed by atoms with Gasteiger partial charge < -0.3 is 4.74 Å². The highest BCUT2D eigenvalue weighted by molar-refractivity contribution is 9.10. The van der Waals surface area contributed by atoms with E-state index < -0.39 is 0 Å². The summed E-state index contributed by atoms with van der Waals surface area (Å²) in [5, 5.41) is 3.46. The summed E-state index contributed by atoms with van der Waals surface area (Å²) in [6.07, 6.45) is 0.907. The van der Waals surface area contributed by atoms with Crippen molar-refractivity contribution in [2.75, 3.05) is 6.61 Å². The van der Waals surface area contributed by atoms with Crippen LogP contribution in [0.2, 0.25) is 0 Å². The number of halogens is 2. The third-order valence-electron chi connectivity index (χ3n) is 2.66. The van der Waals surface area contributed by atoms with Gasteiger partial charge in [-0.3, -0.25) is 5.32 Å². The molecule has 0 amide bonds. The summed E-state index contributed by atoms with van der Waals surface area (Å²) in [7, 11) is 0. The highest BCUT2D eigenvalue weighted by Crippen LogP contribution is 2.21. The number of rotatable bonds is 2. The molecule has 0 bridgehead atoms. The monoisotopic (exact) mass is 305 g/mol. The molecule has 2 atom stereocenters. The van der Waals surface area contributed by atoms with Gasteiger partial charge in [0.05, 0.1) is 6.61 Å². The number of benzene rings is 1. The molecule has 16 heavy (non-hydrogen) atoms. The minimum absolute atomic E-state index is 0. The lowest BCUT2D eigenvalue weighted by atomic mass is 10.0. The Morgan fingerprint density at radius 2 is 2.06 bits per heavy atom. The first kappa shape index (κ1) is 14.0. The van der Waals surface area contributed by atoms with Gasteiger partial charge in [-0.15, -0.1) is 12.4 Å². The topological polar surface area (TPSA) is 21.3 Å². The lowest BCUT2D eigenvalue weighted by Crippen LogP contribution is -2.42. The summed E-state index contributed by atoms with van der Waals surface area (Å²) >= 11 is 3.43. The van der Waals surface area contributed by atoms with E-state index in [1.54, 1.807) is 0 Å². The minimum Gasteiger partial charge on any atom is -0.359 e. The van der Waals surface area contributed by atoms with Crippen molar-refractivity contribution >= 4 is 28.3 Å². The summed E-state index contributed by atoms with van der Waals surface area (Å²) in [5.74, 6) is 0. The van der Waals surface area contributed by atoms with Crippen LogP contribution in [0.15, 0.2) is 28.7 Å². The van der Waals surface area contributed by atoms with E-state index >= 15 is 0 Å². The average Bonchev–Trinajstić information content (AvgIpc) is 2.50. The Labute approximate surface area is 111 Å². The molecule has 2 unspecified atom stereocenters. The van der Waals surface area contributed by atoms with Crippen LogP contribution in [0.3, 0.4) is 0 Å². The maximum atomic E-state index is 5.76. The molecule has 1 aromatic rings. The summed E-state index contributed by atoms with van der Waals surface area (Å²) in [6, 6.07) is 8.84. The predicted molar refractivity (Wildman–Crippen MR) is 72.0 cm³/mol. The van der Waals surface area contributed by atoms with Gasteiger partial charge in [0.15, 0.2) is 0 Å². The third-order valence-corrected chi connectivity index (χ3v) is 3.19. The van der Waals surface area contributed by atoms with Crippen molar-refractivity contribution in [3.05, 3.63) is 34.3 Å². The maximum Gasteiger partial charge on any atom is 0.120 e. The molecule has 1 aliphatic heterocycles. The zero-order chi connectivity index (χ0) is 10.9. The zero-order valence-electron chi connectivity index (χ0n) is 9.50. The number of nitrogens with one attached hydrogen (secondary N) is 1. The van der Waals surface area contributed by atoms with Crippen LogP contribution in [-0.4, -0.2) is 18.4 Å². The van der Waals surface area contributed by atoms with Crippen LogP contribution in [0, 0.1) is 0 Å². The van der Waals surface area contributed by atoms with Gasteiger partial charge in [0.25, 0.3) is 0 Å². The van der Waals surface area contributed by atoms with E-state index in [0.29, 0.717) is 6.04 Å². The standard InChI is InChI=1S/C12H16BrNO.ClH/c1-9-8-15-12(2,14-9)7-10-3-5-11(13)6-4-10;/h3-6,9,14H,7-8H2,1-2H3;1H. The van der Waals surface area contributed by atoms with Crippen LogP contribution in [-0.2, 0) is 11.2 Å². The van der Waals surface area contributed by atoms with Gasteiger partial charge >= 0.3 is 0 Å². The zero-order valence-corrected chi connectivity index (χ0v) is 11.9. The van der Waals surface area contributed by atoms with Crippen LogP contribution >= 0.6 is 28.3 Å². The van der Waals surface area contributed by atoms with Crippen LogP contribution in [0.1, 0.15) is 19.4 Å². The van der Waals surface area contributed by atoms with E-state index in [1.165, 1.54) is 5.56 Å². The van der Waals surface area contributed by atoms with Crippen molar-refractivity contribution in [2.24, 2.45) is 0 Å². The first-order valence-electron chi connectivity index (χ1n) is 5.23. The molecule has 0 aliphatic carbocycles. The van der Waals surface area contributed by atoms with Gasteiger partial charge in [-0.2, -0.15) is 0 Å². The van der Waals surface area contributed by atoms with Gasteiger partial charge in [0, 0.05) is 16.9 Å². The quantitative estimate of drug-likeness (QED) is 0.906. The molecule has 1 aromatic carbocycles. The molecule has 1 aliphatic rings. The van der Waals surface area contributed by atoms with Crippen molar-refractivity contribution in [2.45, 2.75) is 32.0 Å². The fraction of sp³-hybridized carbons (Fsp3) is 0.500. The van der Waals surface area contributed by atoms with E-state index in [4.69, 9.17) is 4.74 Å². The molecule has 4 heteroatoms. The van der Waals surface area contributed by atoms with Crippen molar-refractivity contribution in [1.29, 1.82) is 0 Å². The lowest BCUT2D eigenvalue weighted by Gasteiger charge is -2.24. The molecule has 2 rings (SSSR count). The Balaban J connectivity index is 0.00000128. The Bertz CT molecular complexity index is 343. The number of hydrogen-bond donors (Lipinski definition) is 1. The Hall–Kier alpha value is -0.0900. The molecule has 0 saturated carbocycles. The fourth-order valence-corrected chi connectivity index (χ4v) is 2.27. The molecule has 0 spiro atoms. The lowest BCUT2D eigenvalue weighted by molar-refractivity contribution is 0.00690. The number of ether oxygens (including phenoxy) is 1. The molecule has 0 radical (unpaired) electrons. The van der Waals surface area contributed by atoms with E-state index in [-0.39, 0.29) is 18.1 Å². The van der Waals surface area contributed by atoms with Crippen molar-refractivity contribution in [3.63, 3.8) is 0 Å². The average molecular weight is 307 g/mol. The summed E-state index contributed by atoms with van der Waals surface area (Å²) in [4.78, 5) is 0. The second-order valence-electron chi connectivity index (χ2n) is 4.39. The highest BCUT2D eigenvalue weighted by atomic mass is 79.9. The van der Waals surface area contributed by atoms with Gasteiger partial charge in [-0.25, -0.2) is 0 Å². The van der Waals surface area contributed by atoms with E-state index in [1.807, 2.05) is 0 Å². The van der Waals surface area contributed by atoms with Crippen LogP contribution in [0.25, 0.3) is 0 Å². The van der Waals surface area contributed by atoms with Crippen LogP contribution in [0.5, 0.6) is 0 Å². The van der Waals surface area contributed by atoms with E-state index in [0.717, 1.165) is 17.5 Å². The summed E-state index contributed by atoms with van der Waals surface area (Å²) < 4.78 is 6.88. The molecule has 1 N–H and O–H groups in total. The molecular weight excluding hydrogens is 289 g/mol. The second kappa shape index (κ2) is 5.50. The minimum atomic E-state index is -0.201. The number of hydrogen-bond acceptors (Lipinski definition) is 2. The van der Waals surface area contributed by atoms with Crippen LogP contribution < -0.4 is 5.32 Å². The van der Waals surface area contributed by atoms with Crippen molar-refractivity contribution in [1.82, 2.24) is 5.32 Å². The predicted octanol–water partition coefficient (Wildman–Crippen LogP) is 3.14. The smallest absolute Gasteiger partial charge is 0.120 e. The van der Waals surface area contributed by atoms with Gasteiger partial charge in [0.1, 0.15) is 5.72 Å². The van der Waals surface area contributed by atoms with E-state index in [2.05, 4.69) is 59.4 Å². The Kier molecular flexibility index (Phi) is 4.80. The van der Waals surface area contributed by atoms with Crippen molar-refractivity contribution in [3.8, 4) is 0 Å². The van der Waals surface area contributed by atoms with Gasteiger partial charge in [-0.05, 0) is 31.5 Å². The van der Waals surface area contributed by atoms with Crippen LogP contribution in [0.4, 0.5) is 0 Å². The molecule has 1 heterocycles. The van der Waals surface area contributed by atoms with E-state index in [9.17, 15) is 0 Å². The molecule has 1 fully saturated rings. The maximum absolute atomic E-state index is 5.76. The molecule has 1 saturated heterocycles. The highest BCUT2D eigenvalue weighted by Gasteiger charge is 2.33. The molecule has 0 aromatic heterocycles. The van der Waals surface area contributed by atoms with Gasteiger partial charge in [0.2, 0.25) is 0 Å². The van der Waals surface area contributed by atoms with Gasteiger partial charge in [-0.1, -0.05) is 28.1 Å². The SMILES string of the molecule is CC1COC(C)(Cc2ccc(Br)cc2)N1.Cl. The Morgan fingerprint density at radius 1 is 1.44 bits per heavy atom. The molecular formula is C12H17BrClNO. The fourth-order valence-electron chi connectivity index (χ4n) is 2.01.